The molecule has 0 radical (unpaired) electrons. The minimum absolute atomic E-state index is 0.0551. The standard InChI is InChI=1S/C20H19BrN4OS/c1-25-19(17-11-16(17)13-5-3-2-4-6-13)23-24-20(25)27-12-18(26)22-15-9-7-14(21)8-10-15/h2-10,16-17H,11-12H2,1H3,(H,22,26). The highest BCUT2D eigenvalue weighted by Crippen LogP contribution is 2.54. The van der Waals surface area contributed by atoms with Gasteiger partial charge in [-0.2, -0.15) is 0 Å². The largest absolute Gasteiger partial charge is 0.325 e. The number of nitrogens with one attached hydrogen (secondary N) is 1. The molecule has 1 fully saturated rings. The van der Waals surface area contributed by atoms with Crippen molar-refractivity contribution in [2.45, 2.75) is 23.4 Å². The van der Waals surface area contributed by atoms with Crippen molar-refractivity contribution in [2.24, 2.45) is 7.05 Å². The third kappa shape index (κ3) is 4.25. The zero-order chi connectivity index (χ0) is 18.8. The Kier molecular flexibility index (Phi) is 5.31. The first-order valence-corrected chi connectivity index (χ1v) is 10.5. The predicted octanol–water partition coefficient (Wildman–Crippen LogP) is 4.58. The number of nitrogens with zero attached hydrogens (tertiary/aromatic N) is 3. The molecule has 7 heteroatoms. The minimum atomic E-state index is -0.0551. The van der Waals surface area contributed by atoms with Crippen molar-refractivity contribution in [1.29, 1.82) is 0 Å². The second kappa shape index (κ2) is 7.86. The summed E-state index contributed by atoms with van der Waals surface area (Å²) < 4.78 is 3.00. The van der Waals surface area contributed by atoms with E-state index in [4.69, 9.17) is 0 Å². The highest BCUT2D eigenvalue weighted by atomic mass is 79.9. The van der Waals surface area contributed by atoms with Gasteiger partial charge < -0.3 is 9.88 Å². The lowest BCUT2D eigenvalue weighted by atomic mass is 10.1. The van der Waals surface area contributed by atoms with Gasteiger partial charge in [-0.25, -0.2) is 0 Å². The van der Waals surface area contributed by atoms with Crippen molar-refractivity contribution < 1.29 is 4.79 Å². The SMILES string of the molecule is Cn1c(SCC(=O)Nc2ccc(Br)cc2)nnc1C1CC1c1ccccc1. The molecule has 2 atom stereocenters. The summed E-state index contributed by atoms with van der Waals surface area (Å²) in [4.78, 5) is 12.2. The van der Waals surface area contributed by atoms with Crippen LogP contribution in [0.1, 0.15) is 29.6 Å². The Morgan fingerprint density at radius 1 is 1.15 bits per heavy atom. The maximum atomic E-state index is 12.2. The highest BCUT2D eigenvalue weighted by molar-refractivity contribution is 9.10. The van der Waals surface area contributed by atoms with Crippen LogP contribution in [0.2, 0.25) is 0 Å². The van der Waals surface area contributed by atoms with Gasteiger partial charge in [-0.15, -0.1) is 10.2 Å². The summed E-state index contributed by atoms with van der Waals surface area (Å²) in [5, 5.41) is 12.3. The second-order valence-electron chi connectivity index (χ2n) is 6.60. The molecule has 2 unspecified atom stereocenters. The lowest BCUT2D eigenvalue weighted by Gasteiger charge is -2.06. The van der Waals surface area contributed by atoms with E-state index in [1.54, 1.807) is 0 Å². The van der Waals surface area contributed by atoms with E-state index in [0.717, 1.165) is 27.6 Å². The molecule has 2 aromatic carbocycles. The third-order valence-electron chi connectivity index (χ3n) is 4.68. The van der Waals surface area contributed by atoms with E-state index in [1.165, 1.54) is 17.3 Å². The predicted molar refractivity (Wildman–Crippen MR) is 111 cm³/mol. The van der Waals surface area contributed by atoms with E-state index in [9.17, 15) is 4.79 Å². The number of carbonyl (C=O) groups is 1. The number of hydrogen-bond donors (Lipinski definition) is 1. The summed E-state index contributed by atoms with van der Waals surface area (Å²) in [5.41, 5.74) is 2.14. The second-order valence-corrected chi connectivity index (χ2v) is 8.46. The van der Waals surface area contributed by atoms with Crippen LogP contribution in [0.5, 0.6) is 0 Å². The van der Waals surface area contributed by atoms with Gasteiger partial charge in [0.05, 0.1) is 5.75 Å². The van der Waals surface area contributed by atoms with Crippen LogP contribution >= 0.6 is 27.7 Å². The highest BCUT2D eigenvalue weighted by Gasteiger charge is 2.42. The van der Waals surface area contributed by atoms with Gasteiger partial charge in [0.1, 0.15) is 5.82 Å². The molecule has 27 heavy (non-hydrogen) atoms. The van der Waals surface area contributed by atoms with Crippen LogP contribution in [0.3, 0.4) is 0 Å². The topological polar surface area (TPSA) is 59.8 Å². The van der Waals surface area contributed by atoms with Crippen LogP contribution in [0, 0.1) is 0 Å². The summed E-state index contributed by atoms with van der Waals surface area (Å²) in [7, 11) is 1.98. The summed E-state index contributed by atoms with van der Waals surface area (Å²) in [6.45, 7) is 0. The molecule has 5 nitrogen and oxygen atoms in total. The molecule has 138 valence electrons. The Morgan fingerprint density at radius 3 is 2.63 bits per heavy atom. The number of amides is 1. The fourth-order valence-electron chi connectivity index (χ4n) is 3.18. The smallest absolute Gasteiger partial charge is 0.234 e. The van der Waals surface area contributed by atoms with Crippen LogP contribution < -0.4 is 5.32 Å². The molecule has 1 aliphatic carbocycles. The molecular weight excluding hydrogens is 424 g/mol. The maximum absolute atomic E-state index is 12.2. The minimum Gasteiger partial charge on any atom is -0.325 e. The summed E-state index contributed by atoms with van der Waals surface area (Å²) in [5.74, 6) is 2.18. The summed E-state index contributed by atoms with van der Waals surface area (Å²) >= 11 is 4.79. The molecule has 1 aliphatic rings. The molecular formula is C20H19BrN4OS. The first-order chi connectivity index (χ1) is 13.1. The number of benzene rings is 2. The zero-order valence-electron chi connectivity index (χ0n) is 14.8. The molecule has 0 bridgehead atoms. The fraction of sp³-hybridized carbons (Fsp3) is 0.250. The van der Waals surface area contributed by atoms with Gasteiger partial charge in [-0.05, 0) is 42.2 Å². The third-order valence-corrected chi connectivity index (χ3v) is 6.23. The number of aromatic nitrogens is 3. The lowest BCUT2D eigenvalue weighted by molar-refractivity contribution is -0.113. The zero-order valence-corrected chi connectivity index (χ0v) is 17.2. The van der Waals surface area contributed by atoms with Gasteiger partial charge in [-0.1, -0.05) is 58.0 Å². The van der Waals surface area contributed by atoms with E-state index in [0.29, 0.717) is 17.6 Å². The average molecular weight is 443 g/mol. The maximum Gasteiger partial charge on any atom is 0.234 e. The monoisotopic (exact) mass is 442 g/mol. The Hall–Kier alpha value is -2.12. The van der Waals surface area contributed by atoms with Crippen LogP contribution in [0.4, 0.5) is 5.69 Å². The van der Waals surface area contributed by atoms with E-state index in [-0.39, 0.29) is 5.91 Å². The Bertz CT molecular complexity index is 942. The molecule has 1 saturated carbocycles. The van der Waals surface area contributed by atoms with Crippen molar-refractivity contribution in [1.82, 2.24) is 14.8 Å². The van der Waals surface area contributed by atoms with Crippen molar-refractivity contribution in [2.75, 3.05) is 11.1 Å². The molecule has 4 rings (SSSR count). The molecule has 0 saturated heterocycles. The molecule has 1 amide bonds. The van der Waals surface area contributed by atoms with Gasteiger partial charge in [0.25, 0.3) is 0 Å². The van der Waals surface area contributed by atoms with Gasteiger partial charge in [-0.3, -0.25) is 4.79 Å². The molecule has 1 heterocycles. The summed E-state index contributed by atoms with van der Waals surface area (Å²) in [6, 6.07) is 18.1. The van der Waals surface area contributed by atoms with Crippen molar-refractivity contribution in [3.8, 4) is 0 Å². The van der Waals surface area contributed by atoms with Crippen LogP contribution in [0.25, 0.3) is 0 Å². The lowest BCUT2D eigenvalue weighted by Crippen LogP contribution is -2.14. The molecule has 0 spiro atoms. The van der Waals surface area contributed by atoms with E-state index in [1.807, 2.05) is 41.9 Å². The molecule has 1 aromatic heterocycles. The first-order valence-electron chi connectivity index (χ1n) is 8.74. The number of thioether (sulfide) groups is 1. The number of rotatable bonds is 6. The van der Waals surface area contributed by atoms with Crippen LogP contribution in [-0.4, -0.2) is 26.4 Å². The number of hydrogen-bond acceptors (Lipinski definition) is 4. The van der Waals surface area contributed by atoms with Crippen LogP contribution in [0.15, 0.2) is 64.2 Å². The number of anilines is 1. The normalized spacial score (nSPS) is 18.3. The Balaban J connectivity index is 1.34. The quantitative estimate of drug-likeness (QED) is 0.567. The number of halogens is 1. The Labute approximate surface area is 170 Å². The van der Waals surface area contributed by atoms with Gasteiger partial charge >= 0.3 is 0 Å². The van der Waals surface area contributed by atoms with E-state index in [2.05, 4.69) is 55.7 Å². The Morgan fingerprint density at radius 2 is 1.89 bits per heavy atom. The van der Waals surface area contributed by atoms with Gasteiger partial charge in [0, 0.05) is 23.1 Å². The van der Waals surface area contributed by atoms with Crippen molar-refractivity contribution >= 4 is 39.3 Å². The number of carbonyl (C=O) groups excluding carboxylic acids is 1. The summed E-state index contributed by atoms with van der Waals surface area (Å²) in [6.07, 6.45) is 1.10. The van der Waals surface area contributed by atoms with Gasteiger partial charge in [0.2, 0.25) is 5.91 Å². The fourth-order valence-corrected chi connectivity index (χ4v) is 4.17. The van der Waals surface area contributed by atoms with E-state index >= 15 is 0 Å². The molecule has 3 aromatic rings. The van der Waals surface area contributed by atoms with Gasteiger partial charge in [0.15, 0.2) is 5.16 Å². The average Bonchev–Trinajstić information content (AvgIpc) is 3.39. The van der Waals surface area contributed by atoms with Crippen molar-refractivity contribution in [3.63, 3.8) is 0 Å². The van der Waals surface area contributed by atoms with E-state index < -0.39 is 0 Å². The molecule has 0 aliphatic heterocycles. The van der Waals surface area contributed by atoms with Crippen LogP contribution in [-0.2, 0) is 11.8 Å². The van der Waals surface area contributed by atoms with Crippen molar-refractivity contribution in [3.05, 3.63) is 70.5 Å². The first kappa shape index (κ1) is 18.3. The molecule has 1 N–H and O–H groups in total.